The van der Waals surface area contributed by atoms with E-state index in [0.717, 1.165) is 11.1 Å². The van der Waals surface area contributed by atoms with E-state index in [9.17, 15) is 0 Å². The number of aryl methyl sites for hydroxylation is 1. The molecule has 0 N–H and O–H groups in total. The van der Waals surface area contributed by atoms with Gasteiger partial charge in [0.2, 0.25) is 0 Å². The molecule has 0 bridgehead atoms. The van der Waals surface area contributed by atoms with Crippen LogP contribution in [0, 0.1) is 6.92 Å². The monoisotopic (exact) mass is 291 g/mol. The predicted octanol–water partition coefficient (Wildman–Crippen LogP) is 5.48. The van der Waals surface area contributed by atoms with Gasteiger partial charge in [-0.2, -0.15) is 0 Å². The van der Waals surface area contributed by atoms with Crippen LogP contribution in [0.25, 0.3) is 0 Å². The van der Waals surface area contributed by atoms with Crippen LogP contribution in [0.1, 0.15) is 29.7 Å². The minimum atomic E-state index is -0.0208. The summed E-state index contributed by atoms with van der Waals surface area (Å²) in [5.41, 5.74) is 3.26. The molecule has 1 unspecified atom stereocenters. The van der Waals surface area contributed by atoms with Gasteiger partial charge in [0, 0.05) is 16.3 Å². The zero-order chi connectivity index (χ0) is 13.8. The minimum Gasteiger partial charge on any atom is -0.285 e. The molecule has 0 radical (unpaired) electrons. The molecule has 0 saturated carbocycles. The van der Waals surface area contributed by atoms with Crippen LogP contribution in [-0.2, 0) is 0 Å². The van der Waals surface area contributed by atoms with Gasteiger partial charge in [-0.05, 0) is 43.2 Å². The molecule has 0 aliphatic heterocycles. The van der Waals surface area contributed by atoms with Gasteiger partial charge in [-0.15, -0.1) is 0 Å². The first-order valence-electron chi connectivity index (χ1n) is 6.11. The smallest absolute Gasteiger partial charge is 0.0736 e. The Morgan fingerprint density at radius 2 is 1.74 bits per heavy atom. The minimum absolute atomic E-state index is 0.0208. The summed E-state index contributed by atoms with van der Waals surface area (Å²) in [6.07, 6.45) is 1.86. The lowest BCUT2D eigenvalue weighted by molar-refractivity contribution is 0.825. The van der Waals surface area contributed by atoms with E-state index in [4.69, 9.17) is 23.2 Å². The Kier molecular flexibility index (Phi) is 4.62. The molecule has 2 aromatic carbocycles. The maximum Gasteiger partial charge on any atom is 0.0736 e. The van der Waals surface area contributed by atoms with Gasteiger partial charge in [-0.3, -0.25) is 4.99 Å². The molecule has 0 aliphatic carbocycles. The molecule has 0 fully saturated rings. The van der Waals surface area contributed by atoms with Crippen LogP contribution in [0.3, 0.4) is 0 Å². The Bertz CT molecular complexity index is 588. The molecule has 2 rings (SSSR count). The van der Waals surface area contributed by atoms with Crippen LogP contribution in [0.15, 0.2) is 47.5 Å². The van der Waals surface area contributed by atoms with Gasteiger partial charge in [-0.25, -0.2) is 0 Å². The summed E-state index contributed by atoms with van der Waals surface area (Å²) in [5.74, 6) is 0. The van der Waals surface area contributed by atoms with Crippen LogP contribution < -0.4 is 0 Å². The lowest BCUT2D eigenvalue weighted by Crippen LogP contribution is -1.93. The van der Waals surface area contributed by atoms with Gasteiger partial charge in [0.25, 0.3) is 0 Å². The number of nitrogens with zero attached hydrogens (tertiary/aromatic N) is 1. The Morgan fingerprint density at radius 1 is 1.05 bits per heavy atom. The first-order valence-corrected chi connectivity index (χ1v) is 6.86. The largest absolute Gasteiger partial charge is 0.285 e. The maximum atomic E-state index is 6.16. The second-order valence-electron chi connectivity index (χ2n) is 4.53. The zero-order valence-corrected chi connectivity index (χ0v) is 12.4. The van der Waals surface area contributed by atoms with E-state index in [1.165, 1.54) is 5.56 Å². The lowest BCUT2D eigenvalue weighted by atomic mass is 10.1. The topological polar surface area (TPSA) is 12.4 Å². The first kappa shape index (κ1) is 14.1. The number of halogens is 2. The highest BCUT2D eigenvalue weighted by molar-refractivity contribution is 6.33. The molecule has 0 aliphatic rings. The second kappa shape index (κ2) is 6.23. The molecular weight excluding hydrogens is 277 g/mol. The molecular formula is C16H15Cl2N. The fraction of sp³-hybridized carbons (Fsp3) is 0.188. The highest BCUT2D eigenvalue weighted by Crippen LogP contribution is 2.28. The van der Waals surface area contributed by atoms with Crippen molar-refractivity contribution < 1.29 is 0 Å². The lowest BCUT2D eigenvalue weighted by Gasteiger charge is -2.09. The van der Waals surface area contributed by atoms with E-state index in [2.05, 4.69) is 24.0 Å². The zero-order valence-electron chi connectivity index (χ0n) is 10.9. The van der Waals surface area contributed by atoms with E-state index in [-0.39, 0.29) is 6.04 Å². The third kappa shape index (κ3) is 3.82. The molecule has 0 spiro atoms. The van der Waals surface area contributed by atoms with Crippen molar-refractivity contribution in [2.24, 2.45) is 4.99 Å². The highest BCUT2D eigenvalue weighted by atomic mass is 35.5. The SMILES string of the molecule is Cc1ccc(C=NC(C)c2cc(Cl)ccc2Cl)cc1. The van der Waals surface area contributed by atoms with Crippen molar-refractivity contribution in [3.63, 3.8) is 0 Å². The van der Waals surface area contributed by atoms with Gasteiger partial charge in [-0.1, -0.05) is 53.0 Å². The fourth-order valence-electron chi connectivity index (χ4n) is 1.77. The van der Waals surface area contributed by atoms with E-state index >= 15 is 0 Å². The standard InChI is InChI=1S/C16H15Cl2N/c1-11-3-5-13(6-4-11)10-19-12(2)15-9-14(17)7-8-16(15)18/h3-10,12H,1-2H3. The summed E-state index contributed by atoms with van der Waals surface area (Å²) in [4.78, 5) is 4.53. The molecule has 3 heteroatoms. The summed E-state index contributed by atoms with van der Waals surface area (Å²) in [6, 6.07) is 13.7. The van der Waals surface area contributed by atoms with E-state index < -0.39 is 0 Å². The Hall–Kier alpha value is -1.31. The normalized spacial score (nSPS) is 12.8. The fourth-order valence-corrected chi connectivity index (χ4v) is 2.22. The van der Waals surface area contributed by atoms with Crippen LogP contribution in [0.5, 0.6) is 0 Å². The number of benzene rings is 2. The van der Waals surface area contributed by atoms with Gasteiger partial charge >= 0.3 is 0 Å². The summed E-state index contributed by atoms with van der Waals surface area (Å²) in [6.45, 7) is 4.07. The predicted molar refractivity (Wildman–Crippen MR) is 83.7 cm³/mol. The number of aliphatic imine (C=N–C) groups is 1. The molecule has 19 heavy (non-hydrogen) atoms. The van der Waals surface area contributed by atoms with E-state index in [1.54, 1.807) is 12.1 Å². The number of rotatable bonds is 3. The summed E-state index contributed by atoms with van der Waals surface area (Å²) < 4.78 is 0. The molecule has 0 amide bonds. The highest BCUT2D eigenvalue weighted by Gasteiger charge is 2.08. The van der Waals surface area contributed by atoms with Crippen molar-refractivity contribution in [1.29, 1.82) is 0 Å². The molecule has 0 heterocycles. The first-order chi connectivity index (χ1) is 9.06. The third-order valence-electron chi connectivity index (χ3n) is 2.93. The van der Waals surface area contributed by atoms with Gasteiger partial charge in [0.05, 0.1) is 6.04 Å². The van der Waals surface area contributed by atoms with Crippen molar-refractivity contribution in [1.82, 2.24) is 0 Å². The summed E-state index contributed by atoms with van der Waals surface area (Å²) in [7, 11) is 0. The van der Waals surface area contributed by atoms with Crippen LogP contribution in [0.2, 0.25) is 10.0 Å². The molecule has 0 saturated heterocycles. The van der Waals surface area contributed by atoms with Crippen molar-refractivity contribution >= 4 is 29.4 Å². The van der Waals surface area contributed by atoms with Crippen molar-refractivity contribution in [3.05, 3.63) is 69.2 Å². The van der Waals surface area contributed by atoms with E-state index in [1.807, 2.05) is 31.3 Å². The van der Waals surface area contributed by atoms with Crippen molar-refractivity contribution in [2.75, 3.05) is 0 Å². The molecule has 1 nitrogen and oxygen atoms in total. The maximum absolute atomic E-state index is 6.16. The van der Waals surface area contributed by atoms with Crippen LogP contribution >= 0.6 is 23.2 Å². The average Bonchev–Trinajstić information content (AvgIpc) is 2.40. The quantitative estimate of drug-likeness (QED) is 0.664. The van der Waals surface area contributed by atoms with Gasteiger partial charge in [0.15, 0.2) is 0 Å². The molecule has 2 aromatic rings. The Labute approximate surface area is 123 Å². The van der Waals surface area contributed by atoms with Crippen molar-refractivity contribution in [3.8, 4) is 0 Å². The molecule has 1 atom stereocenters. The summed E-state index contributed by atoms with van der Waals surface area (Å²) in [5, 5.41) is 1.37. The molecule has 98 valence electrons. The summed E-state index contributed by atoms with van der Waals surface area (Å²) >= 11 is 12.1. The van der Waals surface area contributed by atoms with Crippen molar-refractivity contribution in [2.45, 2.75) is 19.9 Å². The average molecular weight is 292 g/mol. The Morgan fingerprint density at radius 3 is 2.42 bits per heavy atom. The Balaban J connectivity index is 2.18. The number of hydrogen-bond donors (Lipinski definition) is 0. The van der Waals surface area contributed by atoms with E-state index in [0.29, 0.717) is 10.0 Å². The third-order valence-corrected chi connectivity index (χ3v) is 3.51. The van der Waals surface area contributed by atoms with Gasteiger partial charge in [0.1, 0.15) is 0 Å². The molecule has 0 aromatic heterocycles. The van der Waals surface area contributed by atoms with Crippen LogP contribution in [-0.4, -0.2) is 6.21 Å². The number of hydrogen-bond acceptors (Lipinski definition) is 1. The van der Waals surface area contributed by atoms with Crippen LogP contribution in [0.4, 0.5) is 0 Å². The van der Waals surface area contributed by atoms with Gasteiger partial charge < -0.3 is 0 Å². The second-order valence-corrected chi connectivity index (χ2v) is 5.37.